The van der Waals surface area contributed by atoms with Gasteiger partial charge in [-0.25, -0.2) is 9.79 Å². The van der Waals surface area contributed by atoms with Crippen LogP contribution in [0.1, 0.15) is 34.0 Å². The smallest absolute Gasteiger partial charge is 0.335 e. The fourth-order valence-corrected chi connectivity index (χ4v) is 4.47. The predicted molar refractivity (Wildman–Crippen MR) is 131 cm³/mol. The number of anilines is 1. The summed E-state index contributed by atoms with van der Waals surface area (Å²) in [6.45, 7) is 6.06. The molecule has 1 fully saturated rings. The average Bonchev–Trinajstić information content (AvgIpc) is 3.11. The van der Waals surface area contributed by atoms with Gasteiger partial charge in [-0.2, -0.15) is 0 Å². The van der Waals surface area contributed by atoms with E-state index in [4.69, 9.17) is 0 Å². The van der Waals surface area contributed by atoms with E-state index in [0.717, 1.165) is 16.7 Å². The van der Waals surface area contributed by atoms with Crippen molar-refractivity contribution in [1.82, 2.24) is 0 Å². The SMILES string of the molecule is C/C(=C1/SC(=Nc2cccc(C(=O)O)c2)N(c2ccccc2)C1=O)c1ccc(C)c(C)c1. The summed E-state index contributed by atoms with van der Waals surface area (Å²) in [5, 5.41) is 9.79. The van der Waals surface area contributed by atoms with Crippen molar-refractivity contribution < 1.29 is 14.7 Å². The third-order valence-corrected chi connectivity index (χ3v) is 6.54. The maximum absolute atomic E-state index is 13.5. The van der Waals surface area contributed by atoms with Crippen molar-refractivity contribution in [2.75, 3.05) is 4.90 Å². The van der Waals surface area contributed by atoms with Gasteiger partial charge in [0, 0.05) is 0 Å². The Morgan fingerprint density at radius 2 is 1.66 bits per heavy atom. The number of hydrogen-bond acceptors (Lipinski definition) is 4. The molecule has 6 heteroatoms. The first-order chi connectivity index (χ1) is 15.3. The van der Waals surface area contributed by atoms with Gasteiger partial charge < -0.3 is 5.11 Å². The number of carbonyl (C=O) groups is 2. The molecule has 0 radical (unpaired) electrons. The van der Waals surface area contributed by atoms with Crippen molar-refractivity contribution >= 4 is 45.8 Å². The number of benzene rings is 3. The monoisotopic (exact) mass is 442 g/mol. The molecule has 0 aliphatic carbocycles. The Labute approximate surface area is 191 Å². The lowest BCUT2D eigenvalue weighted by molar-refractivity contribution is -0.113. The van der Waals surface area contributed by atoms with Gasteiger partial charge in [-0.1, -0.05) is 42.5 Å². The standard InChI is InChI=1S/C26H22N2O3S/c1-16-12-13-19(14-17(16)2)18(3)23-24(29)28(22-10-5-4-6-11-22)26(32-23)27-21-9-7-8-20(15-21)25(30)31/h4-15H,1-3H3,(H,30,31)/b23-18-,27-26?. The maximum Gasteiger partial charge on any atom is 0.335 e. The quantitative estimate of drug-likeness (QED) is 0.488. The van der Waals surface area contributed by atoms with Crippen LogP contribution in [0.25, 0.3) is 5.57 Å². The second-order valence-corrected chi connectivity index (χ2v) is 8.56. The van der Waals surface area contributed by atoms with Gasteiger partial charge in [0.1, 0.15) is 0 Å². The number of aromatic carboxylic acids is 1. The third-order valence-electron chi connectivity index (χ3n) is 5.39. The molecule has 1 amide bonds. The Bertz CT molecular complexity index is 1280. The first kappa shape index (κ1) is 21.6. The van der Waals surface area contributed by atoms with Crippen LogP contribution in [0.15, 0.2) is 82.7 Å². The molecule has 1 aliphatic heterocycles. The predicted octanol–water partition coefficient (Wildman–Crippen LogP) is 6.20. The number of allylic oxidation sites excluding steroid dienone is 1. The second-order valence-electron chi connectivity index (χ2n) is 7.58. The van der Waals surface area contributed by atoms with Crippen LogP contribution in [-0.4, -0.2) is 22.2 Å². The lowest BCUT2D eigenvalue weighted by Gasteiger charge is -2.15. The normalized spacial score (nSPS) is 16.5. The van der Waals surface area contributed by atoms with E-state index in [9.17, 15) is 14.7 Å². The summed E-state index contributed by atoms with van der Waals surface area (Å²) in [6, 6.07) is 21.9. The highest BCUT2D eigenvalue weighted by molar-refractivity contribution is 8.19. The van der Waals surface area contributed by atoms with Crippen molar-refractivity contribution in [3.63, 3.8) is 0 Å². The minimum absolute atomic E-state index is 0.148. The van der Waals surface area contributed by atoms with Gasteiger partial charge in [-0.15, -0.1) is 0 Å². The number of thioether (sulfide) groups is 1. The molecule has 160 valence electrons. The minimum atomic E-state index is -1.02. The molecule has 0 aromatic heterocycles. The van der Waals surface area contributed by atoms with Crippen LogP contribution in [0.2, 0.25) is 0 Å². The fourth-order valence-electron chi connectivity index (χ4n) is 3.41. The summed E-state index contributed by atoms with van der Waals surface area (Å²) in [5.41, 5.74) is 5.57. The first-order valence-corrected chi connectivity index (χ1v) is 10.9. The molecule has 0 atom stereocenters. The van der Waals surface area contributed by atoms with Crippen molar-refractivity contribution in [3.8, 4) is 0 Å². The van der Waals surface area contributed by atoms with Crippen molar-refractivity contribution in [2.45, 2.75) is 20.8 Å². The zero-order chi connectivity index (χ0) is 22.8. The number of amides is 1. The Balaban J connectivity index is 1.83. The number of aryl methyl sites for hydroxylation is 2. The van der Waals surface area contributed by atoms with Crippen LogP contribution in [0.5, 0.6) is 0 Å². The molecule has 5 nitrogen and oxygen atoms in total. The Morgan fingerprint density at radius 1 is 0.906 bits per heavy atom. The highest BCUT2D eigenvalue weighted by Crippen LogP contribution is 2.40. The van der Waals surface area contributed by atoms with Gasteiger partial charge in [0.05, 0.1) is 21.8 Å². The number of carbonyl (C=O) groups excluding carboxylic acids is 1. The fraction of sp³-hybridized carbons (Fsp3) is 0.115. The molecule has 1 aliphatic rings. The van der Waals surface area contributed by atoms with E-state index in [1.54, 1.807) is 17.0 Å². The molecule has 0 spiro atoms. The van der Waals surface area contributed by atoms with E-state index in [1.807, 2.05) is 43.3 Å². The summed E-state index contributed by atoms with van der Waals surface area (Å²) in [6.07, 6.45) is 0. The van der Waals surface area contributed by atoms with Crippen LogP contribution < -0.4 is 4.90 Å². The van der Waals surface area contributed by atoms with Crippen LogP contribution >= 0.6 is 11.8 Å². The summed E-state index contributed by atoms with van der Waals surface area (Å²) in [7, 11) is 0. The number of hydrogen-bond donors (Lipinski definition) is 1. The number of nitrogens with zero attached hydrogens (tertiary/aromatic N) is 2. The summed E-state index contributed by atoms with van der Waals surface area (Å²) in [5.74, 6) is -1.17. The molecule has 32 heavy (non-hydrogen) atoms. The van der Waals surface area contributed by atoms with E-state index in [0.29, 0.717) is 21.4 Å². The van der Waals surface area contributed by atoms with Crippen LogP contribution in [0.4, 0.5) is 11.4 Å². The number of amidine groups is 1. The van der Waals surface area contributed by atoms with Crippen molar-refractivity contribution in [1.29, 1.82) is 0 Å². The molecule has 3 aromatic carbocycles. The third kappa shape index (κ3) is 4.22. The highest BCUT2D eigenvalue weighted by Gasteiger charge is 2.36. The van der Waals surface area contributed by atoms with Gasteiger partial charge in [0.25, 0.3) is 5.91 Å². The van der Waals surface area contributed by atoms with E-state index >= 15 is 0 Å². The topological polar surface area (TPSA) is 70.0 Å². The molecule has 1 saturated heterocycles. The van der Waals surface area contributed by atoms with E-state index in [2.05, 4.69) is 31.0 Å². The summed E-state index contributed by atoms with van der Waals surface area (Å²) < 4.78 is 0. The van der Waals surface area contributed by atoms with Crippen molar-refractivity contribution in [2.24, 2.45) is 4.99 Å². The van der Waals surface area contributed by atoms with Gasteiger partial charge >= 0.3 is 5.97 Å². The number of aliphatic imine (C=N–C) groups is 1. The van der Waals surface area contributed by atoms with Gasteiger partial charge in [0.15, 0.2) is 5.17 Å². The minimum Gasteiger partial charge on any atom is -0.478 e. The molecule has 0 unspecified atom stereocenters. The van der Waals surface area contributed by atoms with E-state index in [-0.39, 0.29) is 11.5 Å². The highest BCUT2D eigenvalue weighted by atomic mass is 32.2. The second kappa shape index (κ2) is 8.85. The van der Waals surface area contributed by atoms with Gasteiger partial charge in [-0.05, 0) is 85.1 Å². The Kier molecular flexibility index (Phi) is 5.97. The van der Waals surface area contributed by atoms with E-state index < -0.39 is 5.97 Å². The van der Waals surface area contributed by atoms with E-state index in [1.165, 1.54) is 29.5 Å². The molecular weight excluding hydrogens is 420 g/mol. The first-order valence-electron chi connectivity index (χ1n) is 10.1. The lowest BCUT2D eigenvalue weighted by Crippen LogP contribution is -2.28. The zero-order valence-corrected chi connectivity index (χ0v) is 18.8. The van der Waals surface area contributed by atoms with Crippen LogP contribution in [-0.2, 0) is 4.79 Å². The molecule has 0 saturated carbocycles. The summed E-state index contributed by atoms with van der Waals surface area (Å²) >= 11 is 1.30. The number of rotatable bonds is 4. The number of carboxylic acid groups (broad SMARTS) is 1. The Morgan fingerprint density at radius 3 is 2.34 bits per heavy atom. The lowest BCUT2D eigenvalue weighted by atomic mass is 10.0. The molecular formula is C26H22N2O3S. The van der Waals surface area contributed by atoms with Crippen molar-refractivity contribution in [3.05, 3.63) is 100.0 Å². The molecule has 3 aromatic rings. The molecule has 1 heterocycles. The molecule has 0 bridgehead atoms. The Hall–Kier alpha value is -3.64. The summed E-state index contributed by atoms with van der Waals surface area (Å²) in [4.78, 5) is 31.7. The number of carboxylic acids is 1. The molecule has 4 rings (SSSR count). The maximum atomic E-state index is 13.5. The number of para-hydroxylation sites is 1. The van der Waals surface area contributed by atoms with Gasteiger partial charge in [-0.3, -0.25) is 9.69 Å². The average molecular weight is 443 g/mol. The van der Waals surface area contributed by atoms with Crippen LogP contribution in [0.3, 0.4) is 0 Å². The van der Waals surface area contributed by atoms with Crippen LogP contribution in [0, 0.1) is 13.8 Å². The zero-order valence-electron chi connectivity index (χ0n) is 18.0. The van der Waals surface area contributed by atoms with Gasteiger partial charge in [0.2, 0.25) is 0 Å². The molecule has 1 N–H and O–H groups in total. The largest absolute Gasteiger partial charge is 0.478 e.